The van der Waals surface area contributed by atoms with E-state index < -0.39 is 18.1 Å². The average Bonchev–Trinajstić information content (AvgIpc) is 2.93. The molecule has 8 heteroatoms. The SMILES string of the molecule is O=C(NC(CCO[C@H]1C[C@H](CCc2ccc3c(n2)NCCC3)C1)C(=O)O)O[C@H]1CC[C@H](c2ccccc2)CC1. The molecular formula is C31H41N3O5. The highest BCUT2D eigenvalue weighted by molar-refractivity contribution is 5.79. The van der Waals surface area contributed by atoms with Crippen molar-refractivity contribution in [3.05, 3.63) is 59.3 Å². The number of aryl methyl sites for hydroxylation is 2. The Kier molecular flexibility index (Phi) is 9.35. The Morgan fingerprint density at radius 3 is 2.62 bits per heavy atom. The van der Waals surface area contributed by atoms with Crippen molar-refractivity contribution >= 4 is 17.9 Å². The fraction of sp³-hybridized carbons (Fsp3) is 0.581. The Morgan fingerprint density at radius 2 is 1.85 bits per heavy atom. The predicted molar refractivity (Wildman–Crippen MR) is 149 cm³/mol. The lowest BCUT2D eigenvalue weighted by Gasteiger charge is -2.35. The first-order chi connectivity index (χ1) is 19.0. The Bertz CT molecular complexity index is 1100. The molecule has 39 heavy (non-hydrogen) atoms. The molecular weight excluding hydrogens is 494 g/mol. The molecule has 1 amide bonds. The molecule has 5 rings (SSSR count). The van der Waals surface area contributed by atoms with Crippen LogP contribution in [-0.2, 0) is 27.1 Å². The number of carbonyl (C=O) groups is 2. The van der Waals surface area contributed by atoms with Gasteiger partial charge in [-0.3, -0.25) is 0 Å². The van der Waals surface area contributed by atoms with Crippen molar-refractivity contribution in [2.45, 2.75) is 94.8 Å². The summed E-state index contributed by atoms with van der Waals surface area (Å²) < 4.78 is 11.5. The van der Waals surface area contributed by atoms with Gasteiger partial charge < -0.3 is 25.2 Å². The van der Waals surface area contributed by atoms with E-state index in [2.05, 4.69) is 47.0 Å². The van der Waals surface area contributed by atoms with Crippen LogP contribution in [0.2, 0.25) is 0 Å². The first kappa shape index (κ1) is 27.4. The highest BCUT2D eigenvalue weighted by Crippen LogP contribution is 2.35. The van der Waals surface area contributed by atoms with E-state index in [0.717, 1.165) is 75.8 Å². The number of aliphatic carboxylic acids is 1. The van der Waals surface area contributed by atoms with Gasteiger partial charge in [-0.1, -0.05) is 36.4 Å². The number of aromatic nitrogens is 1. The number of nitrogens with zero attached hydrogens (tertiary/aromatic N) is 1. The van der Waals surface area contributed by atoms with E-state index in [-0.39, 0.29) is 18.6 Å². The maximum atomic E-state index is 12.4. The van der Waals surface area contributed by atoms with Gasteiger partial charge in [0.05, 0.1) is 6.10 Å². The van der Waals surface area contributed by atoms with Crippen LogP contribution in [-0.4, -0.2) is 53.6 Å². The molecule has 1 atom stereocenters. The summed E-state index contributed by atoms with van der Waals surface area (Å²) >= 11 is 0. The number of amides is 1. The lowest BCUT2D eigenvalue weighted by atomic mass is 9.79. The maximum Gasteiger partial charge on any atom is 0.408 e. The van der Waals surface area contributed by atoms with E-state index in [4.69, 9.17) is 14.5 Å². The van der Waals surface area contributed by atoms with Gasteiger partial charge in [0.25, 0.3) is 0 Å². The third-order valence-corrected chi connectivity index (χ3v) is 8.52. The van der Waals surface area contributed by atoms with Gasteiger partial charge in [-0.05, 0) is 93.2 Å². The van der Waals surface area contributed by atoms with Crippen LogP contribution in [0.3, 0.4) is 0 Å². The average molecular weight is 536 g/mol. The van der Waals surface area contributed by atoms with E-state index in [0.29, 0.717) is 18.4 Å². The van der Waals surface area contributed by atoms with E-state index in [1.54, 1.807) is 0 Å². The molecule has 0 bridgehead atoms. The van der Waals surface area contributed by atoms with E-state index >= 15 is 0 Å². The van der Waals surface area contributed by atoms with Gasteiger partial charge >= 0.3 is 12.1 Å². The van der Waals surface area contributed by atoms with Gasteiger partial charge in [-0.15, -0.1) is 0 Å². The minimum Gasteiger partial charge on any atom is -0.480 e. The fourth-order valence-corrected chi connectivity index (χ4v) is 6.08. The van der Waals surface area contributed by atoms with E-state index in [1.807, 2.05) is 6.07 Å². The first-order valence-electron chi connectivity index (χ1n) is 14.6. The highest BCUT2D eigenvalue weighted by atomic mass is 16.6. The zero-order valence-corrected chi connectivity index (χ0v) is 22.6. The summed E-state index contributed by atoms with van der Waals surface area (Å²) in [5.74, 6) is 1.08. The largest absolute Gasteiger partial charge is 0.480 e. The molecule has 210 valence electrons. The van der Waals surface area contributed by atoms with Crippen molar-refractivity contribution in [2.24, 2.45) is 5.92 Å². The number of carboxylic acid groups (broad SMARTS) is 1. The number of fused-ring (bicyclic) bond motifs is 1. The van der Waals surface area contributed by atoms with Crippen LogP contribution >= 0.6 is 0 Å². The number of alkyl carbamates (subject to hydrolysis) is 1. The molecule has 2 heterocycles. The second-order valence-electron chi connectivity index (χ2n) is 11.3. The smallest absolute Gasteiger partial charge is 0.408 e. The molecule has 1 aromatic heterocycles. The molecule has 1 aromatic carbocycles. The number of anilines is 1. The van der Waals surface area contributed by atoms with Crippen molar-refractivity contribution in [2.75, 3.05) is 18.5 Å². The summed E-state index contributed by atoms with van der Waals surface area (Å²) in [7, 11) is 0. The van der Waals surface area contributed by atoms with Crippen LogP contribution < -0.4 is 10.6 Å². The number of benzene rings is 1. The van der Waals surface area contributed by atoms with Crippen LogP contribution in [0.1, 0.15) is 80.5 Å². The molecule has 2 fully saturated rings. The van der Waals surface area contributed by atoms with Crippen LogP contribution in [0, 0.1) is 5.92 Å². The summed E-state index contributed by atoms with van der Waals surface area (Å²) in [6.07, 6.45) is 9.36. The predicted octanol–water partition coefficient (Wildman–Crippen LogP) is 5.46. The maximum absolute atomic E-state index is 12.4. The van der Waals surface area contributed by atoms with Gasteiger partial charge in [-0.25, -0.2) is 14.6 Å². The lowest BCUT2D eigenvalue weighted by Crippen LogP contribution is -2.43. The van der Waals surface area contributed by atoms with Crippen LogP contribution in [0.25, 0.3) is 0 Å². The van der Waals surface area contributed by atoms with Crippen LogP contribution in [0.15, 0.2) is 42.5 Å². The normalized spacial score (nSPS) is 24.9. The molecule has 0 radical (unpaired) electrons. The van der Waals surface area contributed by atoms with E-state index in [1.165, 1.54) is 17.5 Å². The van der Waals surface area contributed by atoms with Gasteiger partial charge in [0.15, 0.2) is 0 Å². The van der Waals surface area contributed by atoms with Crippen LogP contribution in [0.4, 0.5) is 10.6 Å². The van der Waals surface area contributed by atoms with Crippen molar-refractivity contribution in [1.29, 1.82) is 0 Å². The van der Waals surface area contributed by atoms with Crippen molar-refractivity contribution in [3.63, 3.8) is 0 Å². The number of hydrogen-bond acceptors (Lipinski definition) is 6. The number of carboxylic acids is 1. The molecule has 2 saturated carbocycles. The number of pyridine rings is 1. The molecule has 0 spiro atoms. The summed E-state index contributed by atoms with van der Waals surface area (Å²) in [5.41, 5.74) is 3.78. The minimum atomic E-state index is -1.07. The van der Waals surface area contributed by atoms with Crippen molar-refractivity contribution < 1.29 is 24.2 Å². The second-order valence-corrected chi connectivity index (χ2v) is 11.3. The Labute approximate surface area is 230 Å². The lowest BCUT2D eigenvalue weighted by molar-refractivity contribution is -0.140. The van der Waals surface area contributed by atoms with Crippen molar-refractivity contribution in [1.82, 2.24) is 10.3 Å². The summed E-state index contributed by atoms with van der Waals surface area (Å²) in [4.78, 5) is 28.9. The highest BCUT2D eigenvalue weighted by Gasteiger charge is 2.31. The Morgan fingerprint density at radius 1 is 1.05 bits per heavy atom. The van der Waals surface area contributed by atoms with Gasteiger partial charge in [0.2, 0.25) is 0 Å². The standard InChI is InChI=1S/C31H41N3O5/c35-30(36)28(34-31(37)39-26-14-10-23(11-15-26)22-5-2-1-3-6-22)16-18-38-27-19-21(20-27)8-12-25-13-9-24-7-4-17-32-29(24)33-25/h1-3,5-6,9,13,21,23,26-28H,4,7-8,10-12,14-20H2,(H,32,33)(H,34,37)(H,35,36)/t21-,23-,26-,27-,28?. The van der Waals surface area contributed by atoms with Gasteiger partial charge in [0, 0.05) is 25.3 Å². The number of hydrogen-bond donors (Lipinski definition) is 3. The van der Waals surface area contributed by atoms with Crippen LogP contribution in [0.5, 0.6) is 0 Å². The number of rotatable bonds is 11. The van der Waals surface area contributed by atoms with Crippen molar-refractivity contribution in [3.8, 4) is 0 Å². The molecule has 2 aromatic rings. The third kappa shape index (κ3) is 7.72. The Balaban J connectivity index is 0.953. The molecule has 2 aliphatic carbocycles. The summed E-state index contributed by atoms with van der Waals surface area (Å²) in [6.45, 7) is 1.30. The second kappa shape index (κ2) is 13.3. The molecule has 1 aliphatic heterocycles. The molecule has 0 saturated heterocycles. The first-order valence-corrected chi connectivity index (χ1v) is 14.6. The quantitative estimate of drug-likeness (QED) is 0.350. The number of ether oxygens (including phenoxy) is 2. The zero-order chi connectivity index (χ0) is 27.0. The minimum absolute atomic E-state index is 0.161. The fourth-order valence-electron chi connectivity index (χ4n) is 6.08. The zero-order valence-electron chi connectivity index (χ0n) is 22.6. The summed E-state index contributed by atoms with van der Waals surface area (Å²) in [6, 6.07) is 13.8. The number of carbonyl (C=O) groups excluding carboxylic acids is 1. The number of nitrogens with one attached hydrogen (secondary N) is 2. The van der Waals surface area contributed by atoms with Gasteiger partial charge in [-0.2, -0.15) is 0 Å². The monoisotopic (exact) mass is 535 g/mol. The molecule has 3 aliphatic rings. The van der Waals surface area contributed by atoms with Gasteiger partial charge in [0.1, 0.15) is 18.0 Å². The summed E-state index contributed by atoms with van der Waals surface area (Å²) in [5, 5.41) is 15.5. The molecule has 1 unspecified atom stereocenters. The topological polar surface area (TPSA) is 110 Å². The third-order valence-electron chi connectivity index (χ3n) is 8.52. The van der Waals surface area contributed by atoms with E-state index in [9.17, 15) is 14.7 Å². The Hall–Kier alpha value is -3.13. The molecule has 8 nitrogen and oxygen atoms in total. The molecule has 3 N–H and O–H groups in total.